The third-order valence-corrected chi connectivity index (χ3v) is 4.61. The summed E-state index contributed by atoms with van der Waals surface area (Å²) in [6, 6.07) is 7.84. The van der Waals surface area contributed by atoms with Gasteiger partial charge >= 0.3 is 0 Å². The van der Waals surface area contributed by atoms with Gasteiger partial charge in [-0.1, -0.05) is 28.1 Å². The van der Waals surface area contributed by atoms with Crippen molar-refractivity contribution in [3.63, 3.8) is 0 Å². The molecule has 4 saturated heterocycles. The molecular formula is C13H13BrN4O2. The van der Waals surface area contributed by atoms with Crippen molar-refractivity contribution in [3.05, 3.63) is 34.3 Å². The number of hydrogen-bond donors (Lipinski definition) is 4. The van der Waals surface area contributed by atoms with Crippen molar-refractivity contribution < 1.29 is 9.59 Å². The maximum Gasteiger partial charge on any atom is 0.199 e. The average Bonchev–Trinajstić information content (AvgIpc) is 2.41. The average molecular weight is 337 g/mol. The quantitative estimate of drug-likeness (QED) is 0.566. The Labute approximate surface area is 123 Å². The number of rotatable bonds is 2. The molecule has 1 aromatic carbocycles. The summed E-state index contributed by atoms with van der Waals surface area (Å²) in [6.07, 6.45) is -0.860. The smallest absolute Gasteiger partial charge is 0.199 e. The minimum absolute atomic E-state index is 0.000168. The van der Waals surface area contributed by atoms with Crippen molar-refractivity contribution >= 4 is 27.5 Å². The summed E-state index contributed by atoms with van der Waals surface area (Å²) in [5, 5.41) is 12.2. The van der Waals surface area contributed by atoms with Gasteiger partial charge in [0.25, 0.3) is 0 Å². The third kappa shape index (κ3) is 1.71. The van der Waals surface area contributed by atoms with Crippen molar-refractivity contribution in [2.24, 2.45) is 0 Å². The first-order valence-corrected chi connectivity index (χ1v) is 7.27. The van der Waals surface area contributed by atoms with E-state index in [1.807, 2.05) is 24.3 Å². The highest BCUT2D eigenvalue weighted by atomic mass is 79.9. The van der Waals surface area contributed by atoms with Gasteiger partial charge in [-0.05, 0) is 17.7 Å². The number of hydrogen-bond acceptors (Lipinski definition) is 6. The van der Waals surface area contributed by atoms with Gasteiger partial charge in [0.2, 0.25) is 0 Å². The van der Waals surface area contributed by atoms with E-state index >= 15 is 0 Å². The lowest BCUT2D eigenvalue weighted by molar-refractivity contribution is -0.154. The highest BCUT2D eigenvalue weighted by molar-refractivity contribution is 9.10. The molecule has 7 heteroatoms. The van der Waals surface area contributed by atoms with E-state index in [2.05, 4.69) is 37.2 Å². The van der Waals surface area contributed by atoms with Crippen molar-refractivity contribution in [2.75, 3.05) is 0 Å². The maximum absolute atomic E-state index is 12.5. The molecule has 0 radical (unpaired) electrons. The van der Waals surface area contributed by atoms with Gasteiger partial charge in [-0.2, -0.15) is 0 Å². The summed E-state index contributed by atoms with van der Waals surface area (Å²) in [7, 11) is 0. The van der Waals surface area contributed by atoms with E-state index < -0.39 is 24.2 Å². The molecule has 2 unspecified atom stereocenters. The molecule has 1 aromatic rings. The predicted octanol–water partition coefficient (Wildman–Crippen LogP) is -0.796. The molecule has 6 nitrogen and oxygen atoms in total. The molecule has 0 aliphatic carbocycles. The SMILES string of the molecule is O=C1C2NC3NC1NC(Cc1ccc(Br)cc1)(N2)C3=O. The second-order valence-corrected chi connectivity index (χ2v) is 6.31. The molecule has 4 heterocycles. The van der Waals surface area contributed by atoms with Gasteiger partial charge in [0.15, 0.2) is 11.6 Å². The summed E-state index contributed by atoms with van der Waals surface area (Å²) in [6.45, 7) is 0. The molecule has 2 atom stereocenters. The molecule has 0 amide bonds. The first kappa shape index (κ1) is 12.6. The molecule has 0 spiro atoms. The Balaban J connectivity index is 1.67. The monoisotopic (exact) mass is 336 g/mol. The van der Waals surface area contributed by atoms with Crippen LogP contribution >= 0.6 is 15.9 Å². The molecule has 20 heavy (non-hydrogen) atoms. The van der Waals surface area contributed by atoms with Crippen LogP contribution in [0.25, 0.3) is 0 Å². The Morgan fingerprint density at radius 3 is 2.20 bits per heavy atom. The minimum atomic E-state index is -0.863. The van der Waals surface area contributed by atoms with Gasteiger partial charge in [0.1, 0.15) is 24.2 Å². The van der Waals surface area contributed by atoms with Crippen LogP contribution < -0.4 is 21.3 Å². The molecule has 4 bridgehead atoms. The first-order valence-electron chi connectivity index (χ1n) is 6.47. The van der Waals surface area contributed by atoms with Gasteiger partial charge in [0.05, 0.1) is 0 Å². The molecule has 4 aliphatic rings. The van der Waals surface area contributed by atoms with E-state index in [0.29, 0.717) is 6.42 Å². The van der Waals surface area contributed by atoms with Crippen molar-refractivity contribution in [1.82, 2.24) is 21.3 Å². The number of halogens is 1. The number of nitrogens with one attached hydrogen (secondary N) is 4. The number of ketones is 2. The Hall–Kier alpha value is -1.12. The fourth-order valence-electron chi connectivity index (χ4n) is 3.11. The molecule has 0 aromatic heterocycles. The number of Topliss-reactive ketones (excluding diaryl/α,β-unsaturated/α-hetero) is 2. The first-order chi connectivity index (χ1) is 9.57. The van der Waals surface area contributed by atoms with Gasteiger partial charge < -0.3 is 0 Å². The Kier molecular flexibility index (Phi) is 2.64. The van der Waals surface area contributed by atoms with Crippen LogP contribution in [0.2, 0.25) is 0 Å². The molecule has 4 aliphatic heterocycles. The summed E-state index contributed by atoms with van der Waals surface area (Å²) in [5.74, 6) is 0.000555. The van der Waals surface area contributed by atoms with Crippen LogP contribution in [0.3, 0.4) is 0 Å². The van der Waals surface area contributed by atoms with E-state index in [9.17, 15) is 9.59 Å². The van der Waals surface area contributed by atoms with E-state index in [-0.39, 0.29) is 11.6 Å². The molecule has 4 fully saturated rings. The lowest BCUT2D eigenvalue weighted by Crippen LogP contribution is -2.93. The summed E-state index contributed by atoms with van der Waals surface area (Å²) in [4.78, 5) is 24.5. The van der Waals surface area contributed by atoms with Crippen LogP contribution in [-0.4, -0.2) is 35.7 Å². The fourth-order valence-corrected chi connectivity index (χ4v) is 3.37. The van der Waals surface area contributed by atoms with Crippen molar-refractivity contribution in [3.8, 4) is 0 Å². The zero-order valence-electron chi connectivity index (χ0n) is 10.4. The Morgan fingerprint density at radius 1 is 1.00 bits per heavy atom. The zero-order valence-corrected chi connectivity index (χ0v) is 12.0. The summed E-state index contributed by atoms with van der Waals surface area (Å²) in [5.41, 5.74) is 0.175. The topological polar surface area (TPSA) is 82.3 Å². The normalized spacial score (nSPS) is 38.5. The van der Waals surface area contributed by atoms with E-state index in [4.69, 9.17) is 0 Å². The second kappa shape index (κ2) is 4.19. The number of benzene rings is 1. The zero-order chi connectivity index (χ0) is 13.9. The third-order valence-electron chi connectivity index (χ3n) is 4.08. The van der Waals surface area contributed by atoms with Crippen LogP contribution in [0.5, 0.6) is 0 Å². The Bertz CT molecular complexity index is 585. The van der Waals surface area contributed by atoms with Crippen LogP contribution in [-0.2, 0) is 16.0 Å². The molecule has 4 N–H and O–H groups in total. The highest BCUT2D eigenvalue weighted by Gasteiger charge is 2.59. The summed E-state index contributed by atoms with van der Waals surface area (Å²) < 4.78 is 0.998. The maximum atomic E-state index is 12.5. The lowest BCUT2D eigenvalue weighted by Gasteiger charge is -2.56. The van der Waals surface area contributed by atoms with Crippen LogP contribution in [0.4, 0.5) is 0 Å². The van der Waals surface area contributed by atoms with E-state index in [1.165, 1.54) is 0 Å². The molecule has 5 rings (SSSR count). The summed E-state index contributed by atoms with van der Waals surface area (Å²) >= 11 is 3.40. The number of carbonyl (C=O) groups is 2. The minimum Gasteiger partial charge on any atom is -0.293 e. The van der Waals surface area contributed by atoms with E-state index in [1.54, 1.807) is 0 Å². The van der Waals surface area contributed by atoms with Gasteiger partial charge in [-0.15, -0.1) is 0 Å². The van der Waals surface area contributed by atoms with Crippen molar-refractivity contribution in [1.29, 1.82) is 0 Å². The molecule has 0 saturated carbocycles. The van der Waals surface area contributed by atoms with Crippen molar-refractivity contribution in [2.45, 2.75) is 30.6 Å². The highest BCUT2D eigenvalue weighted by Crippen LogP contribution is 2.26. The lowest BCUT2D eigenvalue weighted by atomic mass is 9.84. The fraction of sp³-hybridized carbons (Fsp3) is 0.385. The second-order valence-electron chi connectivity index (χ2n) is 5.40. The molecular weight excluding hydrogens is 324 g/mol. The van der Waals surface area contributed by atoms with Gasteiger partial charge in [-0.3, -0.25) is 30.9 Å². The van der Waals surface area contributed by atoms with Gasteiger partial charge in [0, 0.05) is 10.9 Å². The molecule has 104 valence electrons. The number of carbonyl (C=O) groups excluding carboxylic acids is 2. The van der Waals surface area contributed by atoms with Crippen LogP contribution in [0.15, 0.2) is 28.7 Å². The van der Waals surface area contributed by atoms with Crippen LogP contribution in [0.1, 0.15) is 5.56 Å². The largest absolute Gasteiger partial charge is 0.293 e. The predicted molar refractivity (Wildman–Crippen MR) is 74.5 cm³/mol. The van der Waals surface area contributed by atoms with Crippen LogP contribution in [0, 0.1) is 0 Å². The van der Waals surface area contributed by atoms with Gasteiger partial charge in [-0.25, -0.2) is 0 Å². The Morgan fingerprint density at radius 2 is 1.60 bits per heavy atom. The van der Waals surface area contributed by atoms with E-state index in [0.717, 1.165) is 10.0 Å². The standard InChI is InChI=1S/C13H13BrN4O2/c14-7-3-1-6(2-4-7)5-13-9(20)12-15-10(17-13)8(19)11(16-12)18-13/h1-4,10-12,15-18H,5H2.